The second kappa shape index (κ2) is 9.20. The molecule has 1 aromatic carbocycles. The molecule has 3 aliphatic rings. The Bertz CT molecular complexity index is 1390. The highest BCUT2D eigenvalue weighted by Gasteiger charge is 2.36. The molecule has 4 heterocycles. The molecule has 194 valence electrons. The van der Waals surface area contributed by atoms with Gasteiger partial charge in [-0.25, -0.2) is 9.97 Å². The Labute approximate surface area is 211 Å². The Kier molecular flexibility index (Phi) is 5.84. The third-order valence-electron chi connectivity index (χ3n) is 7.00. The maximum atomic E-state index is 13.3. The second-order valence-corrected chi connectivity index (χ2v) is 9.60. The Morgan fingerprint density at radius 2 is 2.08 bits per heavy atom. The number of aliphatic hydroxyl groups excluding tert-OH is 2. The maximum absolute atomic E-state index is 13.3. The summed E-state index contributed by atoms with van der Waals surface area (Å²) in [5.41, 5.74) is 2.95. The molecule has 0 bridgehead atoms. The molecular weight excluding hydrogens is 482 g/mol. The molecule has 12 heteroatoms. The monoisotopic (exact) mass is 509 g/mol. The van der Waals surface area contributed by atoms with Crippen LogP contribution in [-0.2, 0) is 4.79 Å². The van der Waals surface area contributed by atoms with Crippen molar-refractivity contribution in [3.05, 3.63) is 29.7 Å². The molecule has 12 nitrogen and oxygen atoms in total. The molecule has 0 radical (unpaired) electrons. The molecule has 4 N–H and O–H groups in total. The first-order valence-electron chi connectivity index (χ1n) is 12.2. The lowest BCUT2D eigenvalue weighted by Crippen LogP contribution is -2.43. The summed E-state index contributed by atoms with van der Waals surface area (Å²) in [6.07, 6.45) is 2.72. The lowest BCUT2D eigenvalue weighted by atomic mass is 10.1. The number of carbonyl (C=O) groups is 2. The first kappa shape index (κ1) is 23.5. The largest absolute Gasteiger partial charge is 0.492 e. The third-order valence-corrected chi connectivity index (χ3v) is 7.00. The standard InChI is InChI=1S/C25H27N5O7/c1-12-19(25(34)29-14-6-30(7-15(14)32)18(33)8-31)21-23(28-12)22(27-10-26-21)20-16(35-9-13-2-3-13)4-5-17-24(20)37-11-36-17/h4-5,10,13-15,28,31-32H,2-3,6-9,11H2,1H3,(H,29,34)/t14-,15+/m1/s1. The number of rotatable bonds is 7. The van der Waals surface area contributed by atoms with E-state index >= 15 is 0 Å². The number of nitrogens with one attached hydrogen (secondary N) is 2. The van der Waals surface area contributed by atoms with Crippen LogP contribution in [0.4, 0.5) is 0 Å². The Morgan fingerprint density at radius 3 is 2.86 bits per heavy atom. The highest BCUT2D eigenvalue weighted by molar-refractivity contribution is 6.09. The zero-order chi connectivity index (χ0) is 25.7. The van der Waals surface area contributed by atoms with Gasteiger partial charge in [0, 0.05) is 18.8 Å². The number of hydrogen-bond acceptors (Lipinski definition) is 9. The third kappa shape index (κ3) is 4.21. The summed E-state index contributed by atoms with van der Waals surface area (Å²) in [5.74, 6) is 1.31. The quantitative estimate of drug-likeness (QED) is 0.360. The van der Waals surface area contributed by atoms with Gasteiger partial charge in [-0.2, -0.15) is 0 Å². The van der Waals surface area contributed by atoms with Crippen LogP contribution in [0.5, 0.6) is 17.2 Å². The predicted octanol–water partition coefficient (Wildman–Crippen LogP) is 0.745. The number of aromatic nitrogens is 3. The van der Waals surface area contributed by atoms with Crippen LogP contribution >= 0.6 is 0 Å². The predicted molar refractivity (Wildman–Crippen MR) is 129 cm³/mol. The van der Waals surface area contributed by atoms with Crippen molar-refractivity contribution in [3.63, 3.8) is 0 Å². The smallest absolute Gasteiger partial charge is 0.255 e. The molecule has 2 fully saturated rings. The van der Waals surface area contributed by atoms with E-state index in [1.165, 1.54) is 11.2 Å². The fourth-order valence-electron chi connectivity index (χ4n) is 4.85. The number of aliphatic hydroxyl groups is 2. The van der Waals surface area contributed by atoms with E-state index in [1.807, 2.05) is 12.1 Å². The van der Waals surface area contributed by atoms with Crippen molar-refractivity contribution in [2.75, 3.05) is 33.1 Å². The number of ether oxygens (including phenoxy) is 3. The van der Waals surface area contributed by atoms with Gasteiger partial charge in [-0.3, -0.25) is 9.59 Å². The lowest BCUT2D eigenvalue weighted by molar-refractivity contribution is -0.133. The van der Waals surface area contributed by atoms with Crippen LogP contribution in [0.25, 0.3) is 22.3 Å². The SMILES string of the molecule is Cc1[nH]c2c(-c3c(OCC4CC4)ccc4c3OCO4)ncnc2c1C(=O)N[C@@H]1CN(C(=O)CO)C[C@@H]1O. The fraction of sp³-hybridized carbons (Fsp3) is 0.440. The molecule has 2 atom stereocenters. The summed E-state index contributed by atoms with van der Waals surface area (Å²) in [5, 5.41) is 22.3. The highest BCUT2D eigenvalue weighted by atomic mass is 16.7. The van der Waals surface area contributed by atoms with Crippen molar-refractivity contribution >= 4 is 22.8 Å². The van der Waals surface area contributed by atoms with Crippen LogP contribution in [0.1, 0.15) is 28.9 Å². The summed E-state index contributed by atoms with van der Waals surface area (Å²) in [7, 11) is 0. The number of nitrogens with zero attached hydrogens (tertiary/aromatic N) is 3. The first-order chi connectivity index (χ1) is 17.9. The molecule has 0 spiro atoms. The number of β-amino-alcohol motifs (C(OH)–C–C–N with tert-alkyl or cyclic N) is 1. The minimum absolute atomic E-state index is 0.0361. The average molecular weight is 510 g/mol. The first-order valence-corrected chi connectivity index (χ1v) is 12.2. The van der Waals surface area contributed by atoms with Gasteiger partial charge < -0.3 is 39.6 Å². The van der Waals surface area contributed by atoms with E-state index in [9.17, 15) is 14.7 Å². The second-order valence-electron chi connectivity index (χ2n) is 9.60. The van der Waals surface area contributed by atoms with Gasteiger partial charge in [0.2, 0.25) is 12.7 Å². The Balaban J connectivity index is 1.35. The van der Waals surface area contributed by atoms with Crippen molar-refractivity contribution in [2.45, 2.75) is 31.9 Å². The Morgan fingerprint density at radius 1 is 1.24 bits per heavy atom. The van der Waals surface area contributed by atoms with E-state index in [0.29, 0.717) is 63.3 Å². The van der Waals surface area contributed by atoms with E-state index in [0.717, 1.165) is 12.8 Å². The van der Waals surface area contributed by atoms with Gasteiger partial charge in [0.15, 0.2) is 11.5 Å². The van der Waals surface area contributed by atoms with Gasteiger partial charge in [0.25, 0.3) is 5.91 Å². The number of fused-ring (bicyclic) bond motifs is 2. The molecule has 0 unspecified atom stereocenters. The molecule has 6 rings (SSSR count). The summed E-state index contributed by atoms with van der Waals surface area (Å²) >= 11 is 0. The van der Waals surface area contributed by atoms with Crippen LogP contribution in [0, 0.1) is 12.8 Å². The zero-order valence-corrected chi connectivity index (χ0v) is 20.2. The number of carbonyl (C=O) groups excluding carboxylic acids is 2. The van der Waals surface area contributed by atoms with Gasteiger partial charge in [-0.15, -0.1) is 0 Å². The molecule has 1 saturated heterocycles. The van der Waals surface area contributed by atoms with Gasteiger partial charge in [0.05, 0.1) is 35.4 Å². The van der Waals surface area contributed by atoms with Crippen molar-refractivity contribution < 1.29 is 34.0 Å². The minimum Gasteiger partial charge on any atom is -0.492 e. The van der Waals surface area contributed by atoms with Crippen molar-refractivity contribution in [1.82, 2.24) is 25.2 Å². The molecule has 1 aliphatic carbocycles. The van der Waals surface area contributed by atoms with Crippen LogP contribution in [0.2, 0.25) is 0 Å². The minimum atomic E-state index is -0.953. The molecule has 2 aromatic heterocycles. The summed E-state index contributed by atoms with van der Waals surface area (Å²) in [6, 6.07) is 2.96. The average Bonchev–Trinajstić information content (AvgIpc) is 3.30. The summed E-state index contributed by atoms with van der Waals surface area (Å²) < 4.78 is 17.5. The van der Waals surface area contributed by atoms with Crippen LogP contribution in [0.15, 0.2) is 18.5 Å². The summed E-state index contributed by atoms with van der Waals surface area (Å²) in [4.78, 5) is 38.6. The van der Waals surface area contributed by atoms with Crippen LogP contribution < -0.4 is 19.5 Å². The normalized spacial score (nSPS) is 20.5. The van der Waals surface area contributed by atoms with Gasteiger partial charge >= 0.3 is 0 Å². The number of aromatic amines is 1. The molecular formula is C25H27N5O7. The number of aryl methyl sites for hydroxylation is 1. The lowest BCUT2D eigenvalue weighted by Gasteiger charge is -2.16. The molecule has 37 heavy (non-hydrogen) atoms. The van der Waals surface area contributed by atoms with Gasteiger partial charge in [-0.05, 0) is 37.8 Å². The molecule has 2 amide bonds. The van der Waals surface area contributed by atoms with E-state index in [-0.39, 0.29) is 19.9 Å². The topological polar surface area (TPSA) is 159 Å². The van der Waals surface area contributed by atoms with E-state index < -0.39 is 30.6 Å². The highest BCUT2D eigenvalue weighted by Crippen LogP contribution is 2.48. The molecule has 3 aromatic rings. The Hall–Kier alpha value is -3.90. The van der Waals surface area contributed by atoms with Crippen molar-refractivity contribution in [3.8, 4) is 28.5 Å². The van der Waals surface area contributed by atoms with Crippen molar-refractivity contribution in [1.29, 1.82) is 0 Å². The van der Waals surface area contributed by atoms with Crippen molar-refractivity contribution in [2.24, 2.45) is 5.92 Å². The van der Waals surface area contributed by atoms with Crippen LogP contribution in [0.3, 0.4) is 0 Å². The fourth-order valence-corrected chi connectivity index (χ4v) is 4.85. The molecule has 1 saturated carbocycles. The zero-order valence-electron chi connectivity index (χ0n) is 20.2. The van der Waals surface area contributed by atoms with E-state index in [2.05, 4.69) is 20.3 Å². The number of H-pyrrole nitrogens is 1. The number of amides is 2. The van der Waals surface area contributed by atoms with Gasteiger partial charge in [0.1, 0.15) is 29.9 Å². The maximum Gasteiger partial charge on any atom is 0.255 e. The molecule has 2 aliphatic heterocycles. The summed E-state index contributed by atoms with van der Waals surface area (Å²) in [6.45, 7) is 1.92. The van der Waals surface area contributed by atoms with E-state index in [1.54, 1.807) is 6.92 Å². The number of benzene rings is 1. The van der Waals surface area contributed by atoms with E-state index in [4.69, 9.17) is 19.3 Å². The van der Waals surface area contributed by atoms with Gasteiger partial charge in [-0.1, -0.05) is 0 Å². The number of likely N-dealkylation sites (tertiary alicyclic amines) is 1. The number of hydrogen-bond donors (Lipinski definition) is 4. The van der Waals surface area contributed by atoms with Crippen LogP contribution in [-0.4, -0.2) is 87.1 Å².